The standard InChI is InChI=1S/C13H17ClN2O2/c1-9-7-16(8-11(15-9)6-13(17)18)12-4-2-10(14)3-5-12/h2-5,9,11,15H,6-8H2,1H3,(H,17,18). The molecule has 1 aliphatic rings. The number of piperazine rings is 1. The van der Waals surface area contributed by atoms with E-state index in [1.165, 1.54) is 0 Å². The highest BCUT2D eigenvalue weighted by molar-refractivity contribution is 6.30. The number of carboxylic acid groups (broad SMARTS) is 1. The van der Waals surface area contributed by atoms with Crippen molar-refractivity contribution in [2.24, 2.45) is 0 Å². The molecule has 1 aliphatic heterocycles. The van der Waals surface area contributed by atoms with Crippen LogP contribution in [0, 0.1) is 0 Å². The van der Waals surface area contributed by atoms with Crippen molar-refractivity contribution in [3.05, 3.63) is 29.3 Å². The molecule has 0 bridgehead atoms. The van der Waals surface area contributed by atoms with Crippen LogP contribution in [0.2, 0.25) is 5.02 Å². The van der Waals surface area contributed by atoms with E-state index in [1.54, 1.807) is 0 Å². The topological polar surface area (TPSA) is 52.6 Å². The molecule has 0 aliphatic carbocycles. The average Bonchev–Trinajstić information content (AvgIpc) is 2.28. The molecule has 0 aromatic heterocycles. The molecule has 1 saturated heterocycles. The molecule has 2 atom stereocenters. The van der Waals surface area contributed by atoms with Crippen LogP contribution in [0.5, 0.6) is 0 Å². The van der Waals surface area contributed by atoms with Crippen LogP contribution in [0.1, 0.15) is 13.3 Å². The van der Waals surface area contributed by atoms with Crippen LogP contribution >= 0.6 is 11.6 Å². The van der Waals surface area contributed by atoms with Gasteiger partial charge >= 0.3 is 5.97 Å². The molecule has 0 spiro atoms. The van der Waals surface area contributed by atoms with Gasteiger partial charge in [0.25, 0.3) is 0 Å². The van der Waals surface area contributed by atoms with Gasteiger partial charge in [0.05, 0.1) is 6.42 Å². The lowest BCUT2D eigenvalue weighted by molar-refractivity contribution is -0.137. The van der Waals surface area contributed by atoms with Crippen molar-refractivity contribution in [3.8, 4) is 0 Å². The highest BCUT2D eigenvalue weighted by Crippen LogP contribution is 2.21. The number of hydrogen-bond acceptors (Lipinski definition) is 3. The van der Waals surface area contributed by atoms with E-state index >= 15 is 0 Å². The Labute approximate surface area is 112 Å². The Morgan fingerprint density at radius 1 is 1.44 bits per heavy atom. The zero-order chi connectivity index (χ0) is 13.1. The van der Waals surface area contributed by atoms with Crippen molar-refractivity contribution >= 4 is 23.3 Å². The number of nitrogens with one attached hydrogen (secondary N) is 1. The maximum atomic E-state index is 10.8. The van der Waals surface area contributed by atoms with E-state index in [2.05, 4.69) is 17.1 Å². The normalized spacial score (nSPS) is 24.0. The molecular formula is C13H17ClN2O2. The summed E-state index contributed by atoms with van der Waals surface area (Å²) in [6.07, 6.45) is 0.147. The minimum absolute atomic E-state index is 0.0121. The summed E-state index contributed by atoms with van der Waals surface area (Å²) in [5.41, 5.74) is 1.09. The second-order valence-corrected chi connectivity index (χ2v) is 5.18. The Morgan fingerprint density at radius 2 is 2.11 bits per heavy atom. The predicted octanol–water partition coefficient (Wildman–Crippen LogP) is 1.98. The van der Waals surface area contributed by atoms with Gasteiger partial charge in [0, 0.05) is 35.9 Å². The summed E-state index contributed by atoms with van der Waals surface area (Å²) in [5.74, 6) is -0.766. The minimum atomic E-state index is -0.766. The van der Waals surface area contributed by atoms with E-state index in [0.717, 1.165) is 12.2 Å². The van der Waals surface area contributed by atoms with Crippen molar-refractivity contribution in [3.63, 3.8) is 0 Å². The summed E-state index contributed by atoms with van der Waals surface area (Å²) in [6.45, 7) is 3.65. The number of benzene rings is 1. The van der Waals surface area contributed by atoms with Gasteiger partial charge in [-0.25, -0.2) is 0 Å². The van der Waals surface area contributed by atoms with Gasteiger partial charge < -0.3 is 15.3 Å². The van der Waals surface area contributed by atoms with Gasteiger partial charge in [-0.2, -0.15) is 0 Å². The van der Waals surface area contributed by atoms with Crippen LogP contribution in [0.4, 0.5) is 5.69 Å². The van der Waals surface area contributed by atoms with Crippen LogP contribution in [0.15, 0.2) is 24.3 Å². The highest BCUT2D eigenvalue weighted by atomic mass is 35.5. The Morgan fingerprint density at radius 3 is 2.72 bits per heavy atom. The third-order valence-corrected chi connectivity index (χ3v) is 3.32. The Hall–Kier alpha value is -1.26. The number of carbonyl (C=O) groups is 1. The van der Waals surface area contributed by atoms with Gasteiger partial charge in [-0.05, 0) is 31.2 Å². The summed E-state index contributed by atoms with van der Waals surface area (Å²) in [6, 6.07) is 7.92. The fourth-order valence-corrected chi connectivity index (χ4v) is 2.50. The molecule has 0 amide bonds. The monoisotopic (exact) mass is 268 g/mol. The lowest BCUT2D eigenvalue weighted by Crippen LogP contribution is -2.56. The van der Waals surface area contributed by atoms with E-state index in [9.17, 15) is 4.79 Å². The molecule has 4 nitrogen and oxygen atoms in total. The number of nitrogens with zero attached hydrogens (tertiary/aromatic N) is 1. The third-order valence-electron chi connectivity index (χ3n) is 3.07. The first-order valence-corrected chi connectivity index (χ1v) is 6.41. The maximum absolute atomic E-state index is 10.8. The predicted molar refractivity (Wildman–Crippen MR) is 72.3 cm³/mol. The van der Waals surface area contributed by atoms with E-state index in [-0.39, 0.29) is 18.5 Å². The average molecular weight is 269 g/mol. The van der Waals surface area contributed by atoms with Gasteiger partial charge in [-0.3, -0.25) is 4.79 Å². The number of halogens is 1. The van der Waals surface area contributed by atoms with Crippen LogP contribution in [0.25, 0.3) is 0 Å². The summed E-state index contributed by atoms with van der Waals surface area (Å²) >= 11 is 5.87. The number of rotatable bonds is 3. The Balaban J connectivity index is 2.08. The van der Waals surface area contributed by atoms with Crippen LogP contribution in [-0.2, 0) is 4.79 Å². The molecule has 0 saturated carbocycles. The fourth-order valence-electron chi connectivity index (χ4n) is 2.38. The van der Waals surface area contributed by atoms with Crippen molar-refractivity contribution in [2.75, 3.05) is 18.0 Å². The second kappa shape index (κ2) is 5.59. The summed E-state index contributed by atoms with van der Waals surface area (Å²) in [5, 5.41) is 12.9. The van der Waals surface area contributed by atoms with Crippen LogP contribution in [0.3, 0.4) is 0 Å². The van der Waals surface area contributed by atoms with Crippen molar-refractivity contribution in [1.82, 2.24) is 5.32 Å². The van der Waals surface area contributed by atoms with Gasteiger partial charge in [-0.1, -0.05) is 11.6 Å². The second-order valence-electron chi connectivity index (χ2n) is 4.74. The zero-order valence-electron chi connectivity index (χ0n) is 10.3. The summed E-state index contributed by atoms with van der Waals surface area (Å²) in [4.78, 5) is 13.0. The third kappa shape index (κ3) is 3.37. The van der Waals surface area contributed by atoms with Crippen molar-refractivity contribution in [2.45, 2.75) is 25.4 Å². The lowest BCUT2D eigenvalue weighted by atomic mass is 10.1. The number of hydrogen-bond donors (Lipinski definition) is 2. The molecule has 5 heteroatoms. The largest absolute Gasteiger partial charge is 0.481 e. The minimum Gasteiger partial charge on any atom is -0.481 e. The van der Waals surface area contributed by atoms with Gasteiger partial charge in [0.2, 0.25) is 0 Å². The molecular weight excluding hydrogens is 252 g/mol. The van der Waals surface area contributed by atoms with Crippen LogP contribution in [-0.4, -0.2) is 36.2 Å². The maximum Gasteiger partial charge on any atom is 0.304 e. The Bertz CT molecular complexity index is 422. The van der Waals surface area contributed by atoms with Crippen LogP contribution < -0.4 is 10.2 Å². The molecule has 2 unspecified atom stereocenters. The molecule has 18 heavy (non-hydrogen) atoms. The number of anilines is 1. The zero-order valence-corrected chi connectivity index (χ0v) is 11.0. The SMILES string of the molecule is CC1CN(c2ccc(Cl)cc2)CC(CC(=O)O)N1. The molecule has 1 aromatic carbocycles. The fraction of sp³-hybridized carbons (Fsp3) is 0.462. The highest BCUT2D eigenvalue weighted by Gasteiger charge is 2.25. The van der Waals surface area contributed by atoms with E-state index in [1.807, 2.05) is 24.3 Å². The first-order chi connectivity index (χ1) is 8.54. The van der Waals surface area contributed by atoms with Gasteiger partial charge in [-0.15, -0.1) is 0 Å². The smallest absolute Gasteiger partial charge is 0.304 e. The first kappa shape index (κ1) is 13.2. The van der Waals surface area contributed by atoms with Gasteiger partial charge in [0.1, 0.15) is 0 Å². The molecule has 2 N–H and O–H groups in total. The summed E-state index contributed by atoms with van der Waals surface area (Å²) < 4.78 is 0. The van der Waals surface area contributed by atoms with Crippen molar-refractivity contribution < 1.29 is 9.90 Å². The molecule has 1 fully saturated rings. The Kier molecular flexibility index (Phi) is 4.09. The molecule has 2 rings (SSSR count). The lowest BCUT2D eigenvalue weighted by Gasteiger charge is -2.38. The van der Waals surface area contributed by atoms with Gasteiger partial charge in [0.15, 0.2) is 0 Å². The van der Waals surface area contributed by atoms with E-state index in [0.29, 0.717) is 11.6 Å². The molecule has 98 valence electrons. The molecule has 0 radical (unpaired) electrons. The summed E-state index contributed by atoms with van der Waals surface area (Å²) in [7, 11) is 0. The quantitative estimate of drug-likeness (QED) is 0.880. The first-order valence-electron chi connectivity index (χ1n) is 6.03. The van der Waals surface area contributed by atoms with E-state index in [4.69, 9.17) is 16.7 Å². The number of aliphatic carboxylic acids is 1. The molecule has 1 aromatic rings. The number of carboxylic acids is 1. The van der Waals surface area contributed by atoms with Crippen molar-refractivity contribution in [1.29, 1.82) is 0 Å². The molecule has 1 heterocycles. The van der Waals surface area contributed by atoms with E-state index < -0.39 is 5.97 Å².